The second-order valence-electron chi connectivity index (χ2n) is 4.45. The fraction of sp³-hybridized carbons (Fsp3) is 0.0556. The Morgan fingerprint density at radius 1 is 1.05 bits per heavy atom. The van der Waals surface area contributed by atoms with Crippen LogP contribution >= 0.6 is 0 Å². The minimum absolute atomic E-state index is 1.04. The second kappa shape index (κ2) is 6.53. The molecule has 20 heavy (non-hydrogen) atoms. The molecule has 0 unspecified atom stereocenters. The van der Waals surface area contributed by atoms with Gasteiger partial charge in [0.2, 0.25) is 0 Å². The normalized spacial score (nSPS) is 9.65. The first-order valence-electron chi connectivity index (χ1n) is 6.48. The molecule has 2 aromatic heterocycles. The molecular weight excluding hydrogens is 244 g/mol. The third-order valence-electron chi connectivity index (χ3n) is 2.94. The highest BCUT2D eigenvalue weighted by atomic mass is 14.7. The van der Waals surface area contributed by atoms with E-state index in [9.17, 15) is 0 Å². The number of H-pyrrole nitrogens is 1. The van der Waals surface area contributed by atoms with Crippen LogP contribution in [0, 0.1) is 6.92 Å². The predicted molar refractivity (Wildman–Crippen MR) is 87.5 cm³/mol. The number of pyridine rings is 1. The van der Waals surface area contributed by atoms with Gasteiger partial charge in [-0.1, -0.05) is 43.5 Å². The van der Waals surface area contributed by atoms with Gasteiger partial charge < -0.3 is 4.98 Å². The third kappa shape index (κ3) is 3.45. The Labute approximate surface area is 119 Å². The minimum Gasteiger partial charge on any atom is -0.355 e. The maximum atomic E-state index is 4.08. The van der Waals surface area contributed by atoms with Crippen molar-refractivity contribution in [2.45, 2.75) is 6.92 Å². The molecule has 3 aromatic rings. The van der Waals surface area contributed by atoms with Crippen LogP contribution in [0.25, 0.3) is 23.1 Å². The Balaban J connectivity index is 0.000000151. The van der Waals surface area contributed by atoms with E-state index in [0.29, 0.717) is 0 Å². The fourth-order valence-corrected chi connectivity index (χ4v) is 1.81. The number of aromatic amines is 1. The van der Waals surface area contributed by atoms with Crippen LogP contribution in [0.3, 0.4) is 0 Å². The van der Waals surface area contributed by atoms with Crippen molar-refractivity contribution >= 4 is 23.1 Å². The highest BCUT2D eigenvalue weighted by molar-refractivity contribution is 5.82. The highest BCUT2D eigenvalue weighted by Gasteiger charge is 1.93. The summed E-state index contributed by atoms with van der Waals surface area (Å²) >= 11 is 0. The van der Waals surface area contributed by atoms with Gasteiger partial charge in [-0.2, -0.15) is 0 Å². The van der Waals surface area contributed by atoms with E-state index in [1.807, 2.05) is 43.5 Å². The summed E-state index contributed by atoms with van der Waals surface area (Å²) in [5.41, 5.74) is 4.36. The molecule has 2 nitrogen and oxygen atoms in total. The molecule has 0 saturated carbocycles. The molecule has 0 aliphatic heterocycles. The fourth-order valence-electron chi connectivity index (χ4n) is 1.81. The summed E-state index contributed by atoms with van der Waals surface area (Å²) in [6.07, 6.45) is 5.41. The number of nitrogens with one attached hydrogen (secondary N) is 1. The van der Waals surface area contributed by atoms with Crippen molar-refractivity contribution in [2.24, 2.45) is 0 Å². The topological polar surface area (TPSA) is 28.7 Å². The summed E-state index contributed by atoms with van der Waals surface area (Å²) in [6, 6.07) is 14.2. The lowest BCUT2D eigenvalue weighted by atomic mass is 10.2. The number of rotatable bonds is 2. The van der Waals surface area contributed by atoms with Crippen LogP contribution in [0.5, 0.6) is 0 Å². The largest absolute Gasteiger partial charge is 0.355 e. The monoisotopic (exact) mass is 262 g/mol. The Hall–Kier alpha value is -2.61. The molecule has 0 amide bonds. The molecule has 0 spiro atoms. The number of hydrogen-bond donors (Lipinski definition) is 1. The molecule has 1 N–H and O–H groups in total. The van der Waals surface area contributed by atoms with Crippen LogP contribution in [-0.2, 0) is 0 Å². The maximum absolute atomic E-state index is 4.08. The van der Waals surface area contributed by atoms with Crippen LogP contribution in [0.4, 0.5) is 0 Å². The van der Waals surface area contributed by atoms with Crippen LogP contribution in [0.2, 0.25) is 0 Å². The molecule has 0 saturated heterocycles. The molecule has 2 heterocycles. The van der Waals surface area contributed by atoms with E-state index in [-0.39, 0.29) is 0 Å². The number of benzene rings is 1. The van der Waals surface area contributed by atoms with Gasteiger partial charge in [0, 0.05) is 23.1 Å². The van der Waals surface area contributed by atoms with Gasteiger partial charge in [-0.05, 0) is 42.1 Å². The third-order valence-corrected chi connectivity index (χ3v) is 2.94. The van der Waals surface area contributed by atoms with Gasteiger partial charge in [0.25, 0.3) is 0 Å². The van der Waals surface area contributed by atoms with E-state index in [1.54, 1.807) is 6.08 Å². The standard InChI is InChI=1S/C10H9N.C8H9N/c1-2-9-7-8-5-3-4-6-10(8)11-9;1-3-8-5-4-7(2)9-6-8/h2-7,11H,1H2;3-6H,1H2,2H3. The summed E-state index contributed by atoms with van der Waals surface area (Å²) in [6.45, 7) is 9.28. The molecule has 0 aliphatic carbocycles. The quantitative estimate of drug-likeness (QED) is 0.703. The molecule has 1 aromatic carbocycles. The zero-order chi connectivity index (χ0) is 14.4. The first kappa shape index (κ1) is 13.8. The van der Waals surface area contributed by atoms with E-state index in [2.05, 4.69) is 41.3 Å². The smallest absolute Gasteiger partial charge is 0.0458 e. The van der Waals surface area contributed by atoms with Crippen molar-refractivity contribution in [2.75, 3.05) is 0 Å². The van der Waals surface area contributed by atoms with E-state index in [1.165, 1.54) is 10.9 Å². The van der Waals surface area contributed by atoms with Crippen LogP contribution in [0.15, 0.2) is 61.8 Å². The van der Waals surface area contributed by atoms with Gasteiger partial charge >= 0.3 is 0 Å². The van der Waals surface area contributed by atoms with Crippen molar-refractivity contribution in [1.82, 2.24) is 9.97 Å². The molecule has 0 fully saturated rings. The average molecular weight is 262 g/mol. The van der Waals surface area contributed by atoms with Gasteiger partial charge in [-0.15, -0.1) is 0 Å². The van der Waals surface area contributed by atoms with Crippen LogP contribution < -0.4 is 0 Å². The molecule has 0 bridgehead atoms. The van der Waals surface area contributed by atoms with Gasteiger partial charge in [0.1, 0.15) is 0 Å². The van der Waals surface area contributed by atoms with Crippen molar-refractivity contribution in [3.8, 4) is 0 Å². The summed E-state index contributed by atoms with van der Waals surface area (Å²) in [5.74, 6) is 0. The lowest BCUT2D eigenvalue weighted by Gasteiger charge is -1.90. The zero-order valence-electron chi connectivity index (χ0n) is 11.6. The summed E-state index contributed by atoms with van der Waals surface area (Å²) in [5, 5.41) is 1.24. The van der Waals surface area contributed by atoms with E-state index in [4.69, 9.17) is 0 Å². The molecule has 2 heteroatoms. The molecule has 100 valence electrons. The molecule has 0 atom stereocenters. The average Bonchev–Trinajstić information content (AvgIpc) is 2.92. The number of aryl methyl sites for hydroxylation is 1. The Kier molecular flexibility index (Phi) is 4.51. The van der Waals surface area contributed by atoms with Crippen molar-refractivity contribution in [1.29, 1.82) is 0 Å². The SMILES string of the molecule is C=Cc1cc2ccccc2[nH]1.C=Cc1ccc(C)nc1. The lowest BCUT2D eigenvalue weighted by molar-refractivity contribution is 1.19. The first-order chi connectivity index (χ1) is 9.72. The van der Waals surface area contributed by atoms with Crippen molar-refractivity contribution < 1.29 is 0 Å². The Morgan fingerprint density at radius 2 is 1.85 bits per heavy atom. The Morgan fingerprint density at radius 3 is 2.45 bits per heavy atom. The number of nitrogens with zero attached hydrogens (tertiary/aromatic N) is 1. The maximum Gasteiger partial charge on any atom is 0.0458 e. The minimum atomic E-state index is 1.04. The molecule has 3 rings (SSSR count). The zero-order valence-corrected chi connectivity index (χ0v) is 11.6. The molecule has 0 radical (unpaired) electrons. The van der Waals surface area contributed by atoms with E-state index in [0.717, 1.165) is 17.0 Å². The lowest BCUT2D eigenvalue weighted by Crippen LogP contribution is -1.78. The van der Waals surface area contributed by atoms with Gasteiger partial charge in [-0.3, -0.25) is 4.98 Å². The number of hydrogen-bond acceptors (Lipinski definition) is 1. The van der Waals surface area contributed by atoms with Gasteiger partial charge in [0.05, 0.1) is 0 Å². The number of fused-ring (bicyclic) bond motifs is 1. The van der Waals surface area contributed by atoms with E-state index < -0.39 is 0 Å². The number of para-hydroxylation sites is 1. The van der Waals surface area contributed by atoms with Crippen LogP contribution in [0.1, 0.15) is 17.0 Å². The predicted octanol–water partition coefficient (Wildman–Crippen LogP) is 4.84. The summed E-state index contributed by atoms with van der Waals surface area (Å²) < 4.78 is 0. The Bertz CT molecular complexity index is 673. The van der Waals surface area contributed by atoms with Crippen LogP contribution in [-0.4, -0.2) is 9.97 Å². The molecule has 0 aliphatic rings. The van der Waals surface area contributed by atoms with E-state index >= 15 is 0 Å². The number of aromatic nitrogens is 2. The highest BCUT2D eigenvalue weighted by Crippen LogP contribution is 2.14. The van der Waals surface area contributed by atoms with Gasteiger partial charge in [0.15, 0.2) is 0 Å². The summed E-state index contributed by atoms with van der Waals surface area (Å²) in [4.78, 5) is 7.31. The van der Waals surface area contributed by atoms with Gasteiger partial charge in [-0.25, -0.2) is 0 Å². The molecular formula is C18H18N2. The van der Waals surface area contributed by atoms with Crippen molar-refractivity contribution in [3.05, 3.63) is 78.8 Å². The first-order valence-corrected chi connectivity index (χ1v) is 6.48. The second-order valence-corrected chi connectivity index (χ2v) is 4.45. The van der Waals surface area contributed by atoms with Crippen molar-refractivity contribution in [3.63, 3.8) is 0 Å². The summed E-state index contributed by atoms with van der Waals surface area (Å²) in [7, 11) is 0.